The number of rotatable bonds is 5. The lowest BCUT2D eigenvalue weighted by molar-refractivity contribution is 0.0492. The van der Waals surface area contributed by atoms with Crippen LogP contribution in [0, 0.1) is 5.92 Å². The van der Waals surface area contributed by atoms with E-state index in [0.29, 0.717) is 11.8 Å². The molecule has 1 unspecified atom stereocenters. The maximum atomic E-state index is 10.6. The van der Waals surface area contributed by atoms with Crippen molar-refractivity contribution < 1.29 is 5.11 Å². The first-order valence-corrected chi connectivity index (χ1v) is 9.01. The SMILES string of the molecule is CC(C)c1ccc(CN2CCC(C(O)c3nccn3C)CC2)cc1. The highest BCUT2D eigenvalue weighted by Gasteiger charge is 2.28. The number of hydrogen-bond donors (Lipinski definition) is 1. The van der Waals surface area contributed by atoms with Gasteiger partial charge in [-0.2, -0.15) is 0 Å². The first-order chi connectivity index (χ1) is 11.5. The first-order valence-electron chi connectivity index (χ1n) is 9.01. The average Bonchev–Trinajstić information content (AvgIpc) is 3.01. The molecule has 1 atom stereocenters. The third kappa shape index (κ3) is 3.87. The highest BCUT2D eigenvalue weighted by atomic mass is 16.3. The molecule has 1 fully saturated rings. The fourth-order valence-electron chi connectivity index (χ4n) is 3.57. The lowest BCUT2D eigenvalue weighted by Crippen LogP contribution is -2.35. The van der Waals surface area contributed by atoms with Crippen molar-refractivity contribution in [3.63, 3.8) is 0 Å². The van der Waals surface area contributed by atoms with Crippen LogP contribution in [0.25, 0.3) is 0 Å². The van der Waals surface area contributed by atoms with Gasteiger partial charge in [0.15, 0.2) is 0 Å². The molecule has 24 heavy (non-hydrogen) atoms. The number of aryl methyl sites for hydroxylation is 1. The van der Waals surface area contributed by atoms with Crippen molar-refractivity contribution in [2.45, 2.75) is 45.3 Å². The number of aromatic nitrogens is 2. The summed E-state index contributed by atoms with van der Waals surface area (Å²) in [6.45, 7) is 7.54. The third-order valence-corrected chi connectivity index (χ3v) is 5.25. The topological polar surface area (TPSA) is 41.3 Å². The van der Waals surface area contributed by atoms with Gasteiger partial charge in [-0.1, -0.05) is 38.1 Å². The minimum Gasteiger partial charge on any atom is -0.385 e. The molecule has 1 aromatic carbocycles. The molecule has 3 rings (SSSR count). The minimum atomic E-state index is -0.447. The minimum absolute atomic E-state index is 0.311. The van der Waals surface area contributed by atoms with Crippen LogP contribution >= 0.6 is 0 Å². The fourth-order valence-corrected chi connectivity index (χ4v) is 3.57. The van der Waals surface area contributed by atoms with Gasteiger partial charge >= 0.3 is 0 Å². The van der Waals surface area contributed by atoms with E-state index in [1.54, 1.807) is 6.20 Å². The Hall–Kier alpha value is -1.65. The Morgan fingerprint density at radius 1 is 1.17 bits per heavy atom. The molecule has 2 heterocycles. The molecule has 4 nitrogen and oxygen atoms in total. The van der Waals surface area contributed by atoms with Crippen LogP contribution in [0.1, 0.15) is 55.7 Å². The highest BCUT2D eigenvalue weighted by molar-refractivity contribution is 5.24. The number of aliphatic hydroxyl groups is 1. The number of likely N-dealkylation sites (tertiary alicyclic amines) is 1. The van der Waals surface area contributed by atoms with Crippen LogP contribution in [0.15, 0.2) is 36.7 Å². The second kappa shape index (κ2) is 7.49. The van der Waals surface area contributed by atoms with E-state index < -0.39 is 6.10 Å². The molecule has 1 N–H and O–H groups in total. The Morgan fingerprint density at radius 2 is 1.83 bits per heavy atom. The summed E-state index contributed by atoms with van der Waals surface area (Å²) >= 11 is 0. The van der Waals surface area contributed by atoms with E-state index in [9.17, 15) is 5.11 Å². The van der Waals surface area contributed by atoms with Crippen molar-refractivity contribution in [1.29, 1.82) is 0 Å². The van der Waals surface area contributed by atoms with Gasteiger partial charge < -0.3 is 9.67 Å². The van der Waals surface area contributed by atoms with Crippen molar-refractivity contribution in [2.75, 3.05) is 13.1 Å². The van der Waals surface area contributed by atoms with E-state index in [4.69, 9.17) is 0 Å². The summed E-state index contributed by atoms with van der Waals surface area (Å²) < 4.78 is 1.92. The van der Waals surface area contributed by atoms with Crippen molar-refractivity contribution in [3.8, 4) is 0 Å². The van der Waals surface area contributed by atoms with Gasteiger partial charge in [-0.3, -0.25) is 4.90 Å². The summed E-state index contributed by atoms with van der Waals surface area (Å²) in [7, 11) is 1.95. The molecule has 1 aromatic heterocycles. The summed E-state index contributed by atoms with van der Waals surface area (Å²) in [6, 6.07) is 9.00. The van der Waals surface area contributed by atoms with Crippen LogP contribution in [0.3, 0.4) is 0 Å². The molecule has 0 bridgehead atoms. The number of benzene rings is 1. The summed E-state index contributed by atoms with van der Waals surface area (Å²) in [5.41, 5.74) is 2.78. The molecular formula is C20H29N3O. The van der Waals surface area contributed by atoms with Crippen LogP contribution in [-0.2, 0) is 13.6 Å². The Labute approximate surface area is 145 Å². The lowest BCUT2D eigenvalue weighted by atomic mass is 9.90. The number of aliphatic hydroxyl groups excluding tert-OH is 1. The van der Waals surface area contributed by atoms with Gasteiger partial charge in [-0.25, -0.2) is 4.98 Å². The molecule has 130 valence electrons. The van der Waals surface area contributed by atoms with Gasteiger partial charge in [0.2, 0.25) is 0 Å². The molecular weight excluding hydrogens is 298 g/mol. The zero-order valence-electron chi connectivity index (χ0n) is 15.0. The van der Waals surface area contributed by atoms with E-state index in [1.807, 2.05) is 17.8 Å². The molecule has 0 saturated carbocycles. The fraction of sp³-hybridized carbons (Fsp3) is 0.550. The van der Waals surface area contributed by atoms with Crippen molar-refractivity contribution >= 4 is 0 Å². The Kier molecular flexibility index (Phi) is 5.36. The van der Waals surface area contributed by atoms with E-state index in [1.165, 1.54) is 11.1 Å². The summed E-state index contributed by atoms with van der Waals surface area (Å²) in [5.74, 6) is 1.69. The molecule has 1 aliphatic heterocycles. The zero-order valence-corrected chi connectivity index (χ0v) is 15.0. The van der Waals surface area contributed by atoms with Gasteiger partial charge in [0, 0.05) is 26.0 Å². The molecule has 1 saturated heterocycles. The first kappa shape index (κ1) is 17.2. The predicted molar refractivity (Wildman–Crippen MR) is 96.7 cm³/mol. The summed E-state index contributed by atoms with van der Waals surface area (Å²) in [4.78, 5) is 6.79. The quantitative estimate of drug-likeness (QED) is 0.914. The van der Waals surface area contributed by atoms with Gasteiger partial charge in [0.05, 0.1) is 0 Å². The number of imidazole rings is 1. The molecule has 2 aromatic rings. The molecule has 0 aliphatic carbocycles. The summed E-state index contributed by atoms with van der Waals surface area (Å²) in [6.07, 6.45) is 5.26. The van der Waals surface area contributed by atoms with E-state index in [-0.39, 0.29) is 0 Å². The van der Waals surface area contributed by atoms with Gasteiger partial charge in [-0.05, 0) is 48.9 Å². The van der Waals surface area contributed by atoms with Gasteiger partial charge in [0.1, 0.15) is 11.9 Å². The Bertz CT molecular complexity index is 639. The number of nitrogens with zero attached hydrogens (tertiary/aromatic N) is 3. The predicted octanol–water partition coefficient (Wildman–Crippen LogP) is 3.49. The van der Waals surface area contributed by atoms with Gasteiger partial charge in [0.25, 0.3) is 0 Å². The van der Waals surface area contributed by atoms with E-state index in [0.717, 1.165) is 38.3 Å². The normalized spacial score (nSPS) is 18.2. The van der Waals surface area contributed by atoms with Crippen molar-refractivity contribution in [3.05, 3.63) is 53.6 Å². The van der Waals surface area contributed by atoms with Crippen molar-refractivity contribution in [1.82, 2.24) is 14.5 Å². The second-order valence-corrected chi connectivity index (χ2v) is 7.35. The molecule has 0 radical (unpaired) electrons. The lowest BCUT2D eigenvalue weighted by Gasteiger charge is -2.34. The second-order valence-electron chi connectivity index (χ2n) is 7.35. The maximum Gasteiger partial charge on any atom is 0.137 e. The molecule has 0 spiro atoms. The van der Waals surface area contributed by atoms with Crippen LogP contribution in [0.4, 0.5) is 0 Å². The van der Waals surface area contributed by atoms with Crippen molar-refractivity contribution in [2.24, 2.45) is 13.0 Å². The maximum absolute atomic E-state index is 10.6. The Morgan fingerprint density at radius 3 is 2.38 bits per heavy atom. The number of piperidine rings is 1. The molecule has 0 amide bonds. The van der Waals surface area contributed by atoms with Gasteiger partial charge in [-0.15, -0.1) is 0 Å². The zero-order chi connectivity index (χ0) is 17.1. The van der Waals surface area contributed by atoms with Crippen LogP contribution in [0.2, 0.25) is 0 Å². The van der Waals surface area contributed by atoms with Crippen LogP contribution < -0.4 is 0 Å². The highest BCUT2D eigenvalue weighted by Crippen LogP contribution is 2.30. The third-order valence-electron chi connectivity index (χ3n) is 5.25. The average molecular weight is 327 g/mol. The smallest absolute Gasteiger partial charge is 0.137 e. The van der Waals surface area contributed by atoms with Crippen LogP contribution in [0.5, 0.6) is 0 Å². The van der Waals surface area contributed by atoms with Crippen LogP contribution in [-0.4, -0.2) is 32.6 Å². The summed E-state index contributed by atoms with van der Waals surface area (Å²) in [5, 5.41) is 10.6. The number of hydrogen-bond acceptors (Lipinski definition) is 3. The Balaban J connectivity index is 1.52. The monoisotopic (exact) mass is 327 g/mol. The van der Waals surface area contributed by atoms with E-state index in [2.05, 4.69) is 48.0 Å². The molecule has 4 heteroatoms. The largest absolute Gasteiger partial charge is 0.385 e. The van der Waals surface area contributed by atoms with E-state index >= 15 is 0 Å². The molecule has 1 aliphatic rings. The standard InChI is InChI=1S/C20H29N3O/c1-15(2)17-6-4-16(5-7-17)14-23-11-8-18(9-12-23)19(24)20-21-10-13-22(20)3/h4-7,10,13,15,18-19,24H,8-9,11-12,14H2,1-3H3.